The fourth-order valence-electron chi connectivity index (χ4n) is 2.25. The molecule has 1 aromatic carbocycles. The highest BCUT2D eigenvalue weighted by molar-refractivity contribution is 5.99. The summed E-state index contributed by atoms with van der Waals surface area (Å²) < 4.78 is 11.6. The minimum absolute atomic E-state index is 0.520. The smallest absolute Gasteiger partial charge is 0.194 e. The zero-order valence-electron chi connectivity index (χ0n) is 10.4. The number of fused-ring (bicyclic) bond motifs is 1. The normalized spacial score (nSPS) is 14.5. The Morgan fingerprint density at radius 3 is 2.47 bits per heavy atom. The van der Waals surface area contributed by atoms with E-state index in [4.69, 9.17) is 9.47 Å². The quantitative estimate of drug-likeness (QED) is 0.594. The summed E-state index contributed by atoms with van der Waals surface area (Å²) in [6.45, 7) is 2.51. The summed E-state index contributed by atoms with van der Waals surface area (Å²) in [5.74, 6) is 1.40. The van der Waals surface area contributed by atoms with Gasteiger partial charge in [-0.25, -0.2) is 4.74 Å². The molecule has 4 heteroatoms. The van der Waals surface area contributed by atoms with Crippen LogP contribution in [0.2, 0.25) is 0 Å². The number of hydroxylamine groups is 1. The molecular formula is C13H17NO3. The lowest BCUT2D eigenvalue weighted by Gasteiger charge is -2.20. The molecule has 0 amide bonds. The first-order valence-corrected chi connectivity index (χ1v) is 5.77. The molecule has 2 rings (SSSR count). The summed E-state index contributed by atoms with van der Waals surface area (Å²) in [5.41, 5.74) is 2.98. The fourth-order valence-corrected chi connectivity index (χ4v) is 2.25. The molecule has 1 aliphatic rings. The predicted octanol–water partition coefficient (Wildman–Crippen LogP) is 1.97. The van der Waals surface area contributed by atoms with Crippen molar-refractivity contribution in [3.63, 3.8) is 0 Å². The van der Waals surface area contributed by atoms with Gasteiger partial charge < -0.3 is 14.7 Å². The maximum absolute atomic E-state index is 11.7. The lowest BCUT2D eigenvalue weighted by molar-refractivity contribution is -0.459. The third kappa shape index (κ3) is 1.95. The minimum Gasteiger partial charge on any atom is -0.624 e. The Morgan fingerprint density at radius 1 is 1.24 bits per heavy atom. The van der Waals surface area contributed by atoms with Gasteiger partial charge in [0, 0.05) is 18.4 Å². The molecule has 1 heterocycles. The number of rotatable bonds is 3. The van der Waals surface area contributed by atoms with Crippen LogP contribution in [0.4, 0.5) is 0 Å². The first kappa shape index (κ1) is 11.8. The Morgan fingerprint density at radius 2 is 1.88 bits per heavy atom. The molecule has 0 spiro atoms. The molecule has 1 aliphatic heterocycles. The summed E-state index contributed by atoms with van der Waals surface area (Å²) in [5, 5.41) is 11.7. The largest absolute Gasteiger partial charge is 0.624 e. The van der Waals surface area contributed by atoms with Gasteiger partial charge in [0.1, 0.15) is 0 Å². The molecule has 0 aromatic heterocycles. The maximum Gasteiger partial charge on any atom is 0.194 e. The van der Waals surface area contributed by atoms with Gasteiger partial charge in [-0.1, -0.05) is 6.92 Å². The summed E-state index contributed by atoms with van der Waals surface area (Å²) in [6, 6.07) is 3.87. The maximum atomic E-state index is 11.7. The van der Waals surface area contributed by atoms with E-state index in [9.17, 15) is 5.21 Å². The molecule has 0 radical (unpaired) electrons. The number of hydrogen-bond acceptors (Lipinski definition) is 3. The van der Waals surface area contributed by atoms with Crippen LogP contribution in [-0.2, 0) is 6.42 Å². The second kappa shape index (κ2) is 4.65. The minimum atomic E-state index is 0.520. The SMILES string of the molecule is CCC1=[N+]([O-])CCc2cc(OC)c(OC)cc21. The number of hydrogen-bond donors (Lipinski definition) is 0. The van der Waals surface area contributed by atoms with E-state index in [1.807, 2.05) is 19.1 Å². The van der Waals surface area contributed by atoms with Gasteiger partial charge in [-0.3, -0.25) is 0 Å². The van der Waals surface area contributed by atoms with E-state index >= 15 is 0 Å². The molecule has 0 unspecified atom stereocenters. The molecule has 0 bridgehead atoms. The van der Waals surface area contributed by atoms with Crippen LogP contribution in [-0.4, -0.2) is 31.2 Å². The average Bonchev–Trinajstić information content (AvgIpc) is 2.37. The van der Waals surface area contributed by atoms with Crippen molar-refractivity contribution >= 4 is 5.71 Å². The molecule has 0 fully saturated rings. The average molecular weight is 235 g/mol. The monoisotopic (exact) mass is 235 g/mol. The molecule has 17 heavy (non-hydrogen) atoms. The van der Waals surface area contributed by atoms with E-state index < -0.39 is 0 Å². The summed E-state index contributed by atoms with van der Waals surface area (Å²) in [6.07, 6.45) is 1.48. The number of methoxy groups -OCH3 is 2. The Bertz CT molecular complexity index is 466. The number of benzene rings is 1. The fraction of sp³-hybridized carbons (Fsp3) is 0.462. The van der Waals surface area contributed by atoms with Gasteiger partial charge in [0.2, 0.25) is 0 Å². The van der Waals surface area contributed by atoms with Gasteiger partial charge in [0.05, 0.1) is 14.2 Å². The van der Waals surface area contributed by atoms with Crippen molar-refractivity contribution in [2.24, 2.45) is 0 Å². The zero-order chi connectivity index (χ0) is 12.4. The molecule has 0 saturated heterocycles. The Balaban J connectivity index is 2.58. The van der Waals surface area contributed by atoms with Gasteiger partial charge >= 0.3 is 0 Å². The van der Waals surface area contributed by atoms with Crippen molar-refractivity contribution in [3.05, 3.63) is 28.5 Å². The van der Waals surface area contributed by atoms with Crippen LogP contribution >= 0.6 is 0 Å². The standard InChI is InChI=1S/C13H17NO3/c1-4-11-10-8-13(17-3)12(16-2)7-9(10)5-6-14(11)15/h7-8H,4-6H2,1-3H3. The summed E-state index contributed by atoms with van der Waals surface area (Å²) in [7, 11) is 3.23. The highest BCUT2D eigenvalue weighted by atomic mass is 16.5. The first-order valence-electron chi connectivity index (χ1n) is 5.77. The molecule has 92 valence electrons. The number of nitrogens with zero attached hydrogens (tertiary/aromatic N) is 1. The Kier molecular flexibility index (Phi) is 3.22. The van der Waals surface area contributed by atoms with Crippen molar-refractivity contribution in [1.29, 1.82) is 0 Å². The highest BCUT2D eigenvalue weighted by Crippen LogP contribution is 2.32. The molecular weight excluding hydrogens is 218 g/mol. The van der Waals surface area contributed by atoms with Crippen LogP contribution in [0, 0.1) is 5.21 Å². The van der Waals surface area contributed by atoms with Gasteiger partial charge in [-0.05, 0) is 17.7 Å². The zero-order valence-corrected chi connectivity index (χ0v) is 10.4. The molecule has 0 N–H and O–H groups in total. The molecule has 0 aliphatic carbocycles. The Hall–Kier alpha value is -1.71. The van der Waals surface area contributed by atoms with Gasteiger partial charge in [0.25, 0.3) is 0 Å². The summed E-state index contributed by atoms with van der Waals surface area (Å²) >= 11 is 0. The molecule has 0 saturated carbocycles. The third-order valence-corrected chi connectivity index (χ3v) is 3.14. The molecule has 1 aromatic rings. The van der Waals surface area contributed by atoms with Crippen LogP contribution in [0.3, 0.4) is 0 Å². The van der Waals surface area contributed by atoms with Crippen LogP contribution in [0.15, 0.2) is 12.1 Å². The van der Waals surface area contributed by atoms with Crippen LogP contribution in [0.1, 0.15) is 24.5 Å². The Labute approximate surface area is 101 Å². The van der Waals surface area contributed by atoms with E-state index in [-0.39, 0.29) is 0 Å². The lowest BCUT2D eigenvalue weighted by atomic mass is 9.95. The van der Waals surface area contributed by atoms with Crippen LogP contribution in [0.5, 0.6) is 11.5 Å². The van der Waals surface area contributed by atoms with Crippen molar-refractivity contribution in [3.8, 4) is 11.5 Å². The first-order chi connectivity index (χ1) is 8.21. The summed E-state index contributed by atoms with van der Waals surface area (Å²) in [4.78, 5) is 0. The van der Waals surface area contributed by atoms with Gasteiger partial charge in [-0.15, -0.1) is 0 Å². The van der Waals surface area contributed by atoms with E-state index in [0.29, 0.717) is 12.3 Å². The van der Waals surface area contributed by atoms with E-state index in [1.54, 1.807) is 14.2 Å². The second-order valence-corrected chi connectivity index (χ2v) is 4.02. The van der Waals surface area contributed by atoms with Crippen LogP contribution < -0.4 is 9.47 Å². The van der Waals surface area contributed by atoms with Crippen molar-refractivity contribution in [2.45, 2.75) is 19.8 Å². The lowest BCUT2D eigenvalue weighted by Crippen LogP contribution is -2.25. The van der Waals surface area contributed by atoms with Crippen molar-refractivity contribution < 1.29 is 14.2 Å². The van der Waals surface area contributed by atoms with Gasteiger partial charge in [0.15, 0.2) is 23.8 Å². The van der Waals surface area contributed by atoms with Crippen molar-refractivity contribution in [1.82, 2.24) is 0 Å². The van der Waals surface area contributed by atoms with E-state index in [1.165, 1.54) is 0 Å². The highest BCUT2D eigenvalue weighted by Gasteiger charge is 2.23. The third-order valence-electron chi connectivity index (χ3n) is 3.14. The number of ether oxygens (including phenoxy) is 2. The van der Waals surface area contributed by atoms with E-state index in [0.717, 1.165) is 40.2 Å². The molecule has 4 nitrogen and oxygen atoms in total. The molecule has 0 atom stereocenters. The van der Waals surface area contributed by atoms with Gasteiger partial charge in [-0.2, -0.15) is 0 Å². The predicted molar refractivity (Wildman–Crippen MR) is 66.1 cm³/mol. The second-order valence-electron chi connectivity index (χ2n) is 4.02. The van der Waals surface area contributed by atoms with E-state index in [2.05, 4.69) is 0 Å². The topological polar surface area (TPSA) is 44.5 Å². The van der Waals surface area contributed by atoms with Crippen molar-refractivity contribution in [2.75, 3.05) is 20.8 Å². The van der Waals surface area contributed by atoms with Crippen LogP contribution in [0.25, 0.3) is 0 Å².